The van der Waals surface area contributed by atoms with Gasteiger partial charge in [0.25, 0.3) is 0 Å². The number of nitriles is 1. The molecule has 0 heterocycles. The van der Waals surface area contributed by atoms with Crippen molar-refractivity contribution in [3.8, 4) is 6.57 Å². The number of nitrogens with zero attached hydrogens (tertiary/aromatic N) is 1. The van der Waals surface area contributed by atoms with Crippen LogP contribution in [0.3, 0.4) is 0 Å². The first-order valence-corrected chi connectivity index (χ1v) is 0.258. The molecule has 3 heteroatoms. The van der Waals surface area contributed by atoms with Gasteiger partial charge in [0.1, 0.15) is 0 Å². The third-order valence-corrected chi connectivity index (χ3v) is 0. The number of hydrogen-bond donors (Lipinski definition) is 0. The average molecular weight is 116 g/mol. The van der Waals surface area contributed by atoms with Crippen LogP contribution in [0.4, 0.5) is 0 Å². The van der Waals surface area contributed by atoms with Crippen LogP contribution in [0.1, 0.15) is 0 Å². The molecule has 0 rings (SSSR count). The zero-order valence-electron chi connectivity index (χ0n) is 1.34. The predicted octanol–water partition coefficient (Wildman–Crippen LogP) is -1.05. The van der Waals surface area contributed by atoms with Crippen LogP contribution in [-0.2, 0) is 16.5 Å². The molecular formula is CH4AlNNi. The minimum atomic E-state index is 0. The van der Waals surface area contributed by atoms with E-state index in [1.807, 2.05) is 0 Å². The second-order valence-corrected chi connectivity index (χ2v) is 0. The molecule has 0 radical (unpaired) electrons. The molecule has 0 N–H and O–H groups in total. The quantitative estimate of drug-likeness (QED) is 0.370. The smallest absolute Gasteiger partial charge is 0.187 e. The molecule has 0 atom stereocenters. The largest absolute Gasteiger partial charge is 0.202 e. The molecule has 0 aromatic carbocycles. The van der Waals surface area contributed by atoms with Gasteiger partial charge in [0.2, 0.25) is 0 Å². The second kappa shape index (κ2) is 83.6. The maximum atomic E-state index is 6.50. The van der Waals surface area contributed by atoms with Crippen molar-refractivity contribution in [1.82, 2.24) is 0 Å². The minimum absolute atomic E-state index is 0. The van der Waals surface area contributed by atoms with Gasteiger partial charge in [0.05, 0.1) is 0 Å². The topological polar surface area (TPSA) is 23.8 Å². The first-order chi connectivity index (χ1) is 1.00. The van der Waals surface area contributed by atoms with Crippen molar-refractivity contribution in [3.05, 3.63) is 0 Å². The molecule has 0 amide bonds. The van der Waals surface area contributed by atoms with Crippen LogP contribution in [0.5, 0.6) is 0 Å². The Bertz CT molecular complexity index is 12.8. The zero-order chi connectivity index (χ0) is 2.00. The Labute approximate surface area is 46.1 Å². The fourth-order valence-electron chi connectivity index (χ4n) is 0. The zero-order valence-corrected chi connectivity index (χ0v) is 2.33. The summed E-state index contributed by atoms with van der Waals surface area (Å²) in [5.74, 6) is 0. The summed E-state index contributed by atoms with van der Waals surface area (Å²) in [4.78, 5) is 0. The summed E-state index contributed by atoms with van der Waals surface area (Å²) in [5, 5.41) is 6.50. The van der Waals surface area contributed by atoms with Gasteiger partial charge in [-0.3, -0.25) is 0 Å². The molecule has 0 aromatic rings. The Balaban J connectivity index is -0.00000000500. The summed E-state index contributed by atoms with van der Waals surface area (Å²) in [6, 6.07) is 0. The van der Waals surface area contributed by atoms with E-state index in [1.165, 1.54) is 0 Å². The Hall–Kier alpha value is 0.516. The van der Waals surface area contributed by atoms with Gasteiger partial charge in [-0.25, -0.2) is 5.26 Å². The van der Waals surface area contributed by atoms with Crippen LogP contribution in [0, 0.1) is 11.8 Å². The van der Waals surface area contributed by atoms with E-state index in [9.17, 15) is 0 Å². The van der Waals surface area contributed by atoms with Gasteiger partial charge in [0.15, 0.2) is 17.4 Å². The van der Waals surface area contributed by atoms with Crippen LogP contribution in [0.15, 0.2) is 0 Å². The fraction of sp³-hybridized carbons (Fsp3) is 0. The third kappa shape index (κ3) is 21.7. The van der Waals surface area contributed by atoms with E-state index in [0.29, 0.717) is 0 Å². The standard InChI is InChI=1S/CHN.Al.Ni.3H/c1-2;;;;;/h1H;;;;;. The minimum Gasteiger partial charge on any atom is -0.202 e. The molecule has 0 aliphatic carbocycles. The molecule has 0 bridgehead atoms. The first-order valence-electron chi connectivity index (χ1n) is 0.258. The van der Waals surface area contributed by atoms with Gasteiger partial charge in [-0.15, -0.1) is 0 Å². The van der Waals surface area contributed by atoms with Gasteiger partial charge >= 0.3 is 0 Å². The van der Waals surface area contributed by atoms with Crippen molar-refractivity contribution in [2.75, 3.05) is 0 Å². The summed E-state index contributed by atoms with van der Waals surface area (Å²) in [6.45, 7) is 3.50. The molecule has 0 fully saturated rings. The van der Waals surface area contributed by atoms with E-state index in [1.54, 1.807) is 0 Å². The Morgan fingerprint density at radius 2 is 1.25 bits per heavy atom. The summed E-state index contributed by atoms with van der Waals surface area (Å²) in [7, 11) is 0. The monoisotopic (exact) mass is 115 g/mol. The van der Waals surface area contributed by atoms with Crippen molar-refractivity contribution in [2.24, 2.45) is 0 Å². The van der Waals surface area contributed by atoms with E-state index in [0.717, 1.165) is 0 Å². The Morgan fingerprint density at radius 1 is 1.25 bits per heavy atom. The summed E-state index contributed by atoms with van der Waals surface area (Å²) >= 11 is 0. The van der Waals surface area contributed by atoms with Gasteiger partial charge in [-0.05, 0) is 0 Å². The van der Waals surface area contributed by atoms with E-state index in [-0.39, 0.29) is 33.9 Å². The molecule has 0 aromatic heterocycles. The summed E-state index contributed by atoms with van der Waals surface area (Å²) < 4.78 is 0. The Kier molecular flexibility index (Phi) is 508. The first kappa shape index (κ1) is 24.3. The predicted molar refractivity (Wildman–Crippen MR) is 16.6 cm³/mol. The van der Waals surface area contributed by atoms with Crippen molar-refractivity contribution < 1.29 is 16.5 Å². The van der Waals surface area contributed by atoms with Gasteiger partial charge in [-0.1, -0.05) is 0 Å². The molecule has 4 heavy (non-hydrogen) atoms. The molecule has 26 valence electrons. The van der Waals surface area contributed by atoms with E-state index >= 15 is 0 Å². The molecule has 0 spiro atoms. The van der Waals surface area contributed by atoms with Crippen LogP contribution < -0.4 is 0 Å². The SMILES string of the molecule is C#N.[AlH3].[Ni]. The summed E-state index contributed by atoms with van der Waals surface area (Å²) in [6.07, 6.45) is 0. The number of rotatable bonds is 0. The van der Waals surface area contributed by atoms with E-state index in [2.05, 4.69) is 6.57 Å². The molecular weight excluding hydrogens is 112 g/mol. The molecule has 0 saturated heterocycles. The average Bonchev–Trinajstić information content (AvgIpc) is 1.00. The third-order valence-electron chi connectivity index (χ3n) is 0. The van der Waals surface area contributed by atoms with Crippen LogP contribution in [-0.4, -0.2) is 17.4 Å². The normalized spacial score (nSPS) is 0.500. The molecule has 0 aliphatic rings. The second-order valence-electron chi connectivity index (χ2n) is 0. The molecule has 0 aliphatic heterocycles. The maximum Gasteiger partial charge on any atom is 0.187 e. The molecule has 0 saturated carbocycles. The van der Waals surface area contributed by atoms with Crippen molar-refractivity contribution in [3.63, 3.8) is 0 Å². The van der Waals surface area contributed by atoms with E-state index in [4.69, 9.17) is 5.26 Å². The van der Waals surface area contributed by atoms with Crippen molar-refractivity contribution >= 4 is 17.4 Å². The van der Waals surface area contributed by atoms with Crippen molar-refractivity contribution in [1.29, 1.82) is 5.26 Å². The van der Waals surface area contributed by atoms with E-state index < -0.39 is 0 Å². The van der Waals surface area contributed by atoms with Crippen molar-refractivity contribution in [2.45, 2.75) is 0 Å². The Morgan fingerprint density at radius 3 is 1.25 bits per heavy atom. The van der Waals surface area contributed by atoms with Crippen LogP contribution >= 0.6 is 0 Å². The van der Waals surface area contributed by atoms with Crippen LogP contribution in [0.25, 0.3) is 0 Å². The fourth-order valence-corrected chi connectivity index (χ4v) is 0. The molecule has 1 nitrogen and oxygen atoms in total. The summed E-state index contributed by atoms with van der Waals surface area (Å²) in [5.41, 5.74) is 0. The van der Waals surface area contributed by atoms with Crippen LogP contribution in [0.2, 0.25) is 0 Å². The van der Waals surface area contributed by atoms with Gasteiger partial charge < -0.3 is 0 Å². The maximum absolute atomic E-state index is 6.50. The van der Waals surface area contributed by atoms with Gasteiger partial charge in [-0.2, -0.15) is 0 Å². The number of hydrogen-bond acceptors (Lipinski definition) is 1. The molecule has 0 unspecified atom stereocenters. The van der Waals surface area contributed by atoms with Gasteiger partial charge in [0, 0.05) is 23.1 Å².